The number of methoxy groups -OCH3 is 1. The third kappa shape index (κ3) is 2.88. The fourth-order valence-electron chi connectivity index (χ4n) is 2.96. The van der Waals surface area contributed by atoms with Gasteiger partial charge in [0.2, 0.25) is 11.7 Å². The quantitative estimate of drug-likeness (QED) is 0.877. The fourth-order valence-corrected chi connectivity index (χ4v) is 3.67. The molecule has 2 heterocycles. The van der Waals surface area contributed by atoms with E-state index < -0.39 is 5.60 Å². The van der Waals surface area contributed by atoms with E-state index in [2.05, 4.69) is 10.1 Å². The Hall–Kier alpha value is -1.24. The Balaban J connectivity index is 1.86. The molecule has 5 nitrogen and oxygen atoms in total. The minimum absolute atomic E-state index is 0.356. The van der Waals surface area contributed by atoms with E-state index in [4.69, 9.17) is 15.0 Å². The molecule has 3 rings (SSSR count). The van der Waals surface area contributed by atoms with Crippen LogP contribution in [0.15, 0.2) is 22.0 Å². The van der Waals surface area contributed by atoms with Gasteiger partial charge in [0.15, 0.2) is 0 Å². The molecule has 1 aliphatic carbocycles. The van der Waals surface area contributed by atoms with Crippen LogP contribution < -0.4 is 5.73 Å². The number of hydrogen-bond donors (Lipinski definition) is 1. The smallest absolute Gasteiger partial charge is 0.249 e. The summed E-state index contributed by atoms with van der Waals surface area (Å²) in [4.78, 5) is 5.58. The van der Waals surface area contributed by atoms with Gasteiger partial charge in [0.25, 0.3) is 0 Å². The Morgan fingerprint density at radius 1 is 1.33 bits per heavy atom. The molecule has 114 valence electrons. The second-order valence-corrected chi connectivity index (χ2v) is 6.54. The summed E-state index contributed by atoms with van der Waals surface area (Å²) in [6.07, 6.45) is 6.63. The predicted octanol–water partition coefficient (Wildman–Crippen LogP) is 3.38. The van der Waals surface area contributed by atoms with Crippen LogP contribution in [-0.2, 0) is 10.3 Å². The lowest BCUT2D eigenvalue weighted by atomic mass is 9.93. The Morgan fingerprint density at radius 2 is 2.10 bits per heavy atom. The molecule has 0 aromatic carbocycles. The largest absolute Gasteiger partial charge is 0.370 e. The fraction of sp³-hybridized carbons (Fsp3) is 0.600. The Morgan fingerprint density at radius 3 is 2.71 bits per heavy atom. The first-order valence-corrected chi connectivity index (χ1v) is 8.31. The van der Waals surface area contributed by atoms with E-state index in [-0.39, 0.29) is 6.04 Å². The topological polar surface area (TPSA) is 74.2 Å². The van der Waals surface area contributed by atoms with Crippen LogP contribution in [0.1, 0.15) is 61.2 Å². The summed E-state index contributed by atoms with van der Waals surface area (Å²) < 4.78 is 11.2. The van der Waals surface area contributed by atoms with Crippen molar-refractivity contribution in [2.45, 2.75) is 50.2 Å². The highest BCUT2D eigenvalue weighted by Gasteiger charge is 2.38. The molecule has 1 saturated carbocycles. The van der Waals surface area contributed by atoms with Crippen LogP contribution in [0.5, 0.6) is 0 Å². The van der Waals surface area contributed by atoms with Crippen molar-refractivity contribution in [2.24, 2.45) is 5.73 Å². The monoisotopic (exact) mass is 307 g/mol. The Bertz CT molecular complexity index is 559. The predicted molar refractivity (Wildman–Crippen MR) is 81.0 cm³/mol. The van der Waals surface area contributed by atoms with Gasteiger partial charge in [-0.2, -0.15) is 4.98 Å². The minimum atomic E-state index is -0.409. The van der Waals surface area contributed by atoms with Gasteiger partial charge < -0.3 is 15.0 Å². The van der Waals surface area contributed by atoms with Gasteiger partial charge in [-0.1, -0.05) is 36.9 Å². The number of hydrogen-bond acceptors (Lipinski definition) is 6. The highest BCUT2D eigenvalue weighted by atomic mass is 32.1. The summed E-state index contributed by atoms with van der Waals surface area (Å²) >= 11 is 1.59. The van der Waals surface area contributed by atoms with Gasteiger partial charge in [0.05, 0.1) is 0 Å². The molecule has 0 bridgehead atoms. The van der Waals surface area contributed by atoms with Crippen molar-refractivity contribution in [1.29, 1.82) is 0 Å². The van der Waals surface area contributed by atoms with Crippen LogP contribution in [0.25, 0.3) is 0 Å². The lowest BCUT2D eigenvalue weighted by Crippen LogP contribution is -2.29. The van der Waals surface area contributed by atoms with Gasteiger partial charge in [-0.15, -0.1) is 11.3 Å². The molecular weight excluding hydrogens is 286 g/mol. The Labute approximate surface area is 128 Å². The lowest BCUT2D eigenvalue weighted by molar-refractivity contribution is -0.0365. The molecule has 1 aliphatic rings. The van der Waals surface area contributed by atoms with Gasteiger partial charge in [0.1, 0.15) is 11.6 Å². The zero-order valence-electron chi connectivity index (χ0n) is 12.2. The lowest BCUT2D eigenvalue weighted by Gasteiger charge is -2.27. The van der Waals surface area contributed by atoms with Gasteiger partial charge in [-0.3, -0.25) is 0 Å². The first-order valence-electron chi connectivity index (χ1n) is 7.43. The first kappa shape index (κ1) is 14.7. The maximum absolute atomic E-state index is 6.19. The van der Waals surface area contributed by atoms with Crippen LogP contribution in [-0.4, -0.2) is 17.3 Å². The molecule has 21 heavy (non-hydrogen) atoms. The summed E-state index contributed by atoms with van der Waals surface area (Å²) in [5, 5.41) is 6.16. The zero-order chi connectivity index (χ0) is 14.7. The number of rotatable bonds is 4. The number of nitrogens with zero attached hydrogens (tertiary/aromatic N) is 2. The molecule has 2 N–H and O–H groups in total. The molecule has 1 fully saturated rings. The molecule has 2 aromatic heterocycles. The van der Waals surface area contributed by atoms with E-state index in [0.29, 0.717) is 11.7 Å². The molecule has 6 heteroatoms. The van der Waals surface area contributed by atoms with Crippen molar-refractivity contribution in [1.82, 2.24) is 10.1 Å². The van der Waals surface area contributed by atoms with Crippen LogP contribution in [0, 0.1) is 0 Å². The third-order valence-electron chi connectivity index (χ3n) is 4.27. The molecule has 2 aromatic rings. The van der Waals surface area contributed by atoms with Crippen molar-refractivity contribution >= 4 is 11.3 Å². The third-order valence-corrected chi connectivity index (χ3v) is 5.22. The van der Waals surface area contributed by atoms with Crippen LogP contribution >= 0.6 is 11.3 Å². The molecule has 1 atom stereocenters. The molecule has 0 amide bonds. The van der Waals surface area contributed by atoms with Crippen molar-refractivity contribution in [3.05, 3.63) is 34.1 Å². The maximum Gasteiger partial charge on any atom is 0.249 e. The normalized spacial score (nSPS) is 20.1. The average Bonchev–Trinajstić information content (AvgIpc) is 3.15. The van der Waals surface area contributed by atoms with Crippen molar-refractivity contribution in [3.63, 3.8) is 0 Å². The van der Waals surface area contributed by atoms with E-state index in [1.807, 2.05) is 17.5 Å². The summed E-state index contributed by atoms with van der Waals surface area (Å²) in [5.74, 6) is 1.11. The average molecular weight is 307 g/mol. The summed E-state index contributed by atoms with van der Waals surface area (Å²) in [7, 11) is 1.74. The zero-order valence-corrected chi connectivity index (χ0v) is 13.1. The second kappa shape index (κ2) is 6.25. The highest BCUT2D eigenvalue weighted by Crippen LogP contribution is 2.38. The van der Waals surface area contributed by atoms with Crippen molar-refractivity contribution in [3.8, 4) is 0 Å². The molecule has 1 unspecified atom stereocenters. The Kier molecular flexibility index (Phi) is 4.37. The standard InChI is InChI=1S/C15H21N3O2S/c1-19-15(8-4-2-3-5-9-15)14-17-13(20-18-14)12(16)11-7-6-10-21-11/h6-7,10,12H,2-5,8-9,16H2,1H3. The van der Waals surface area contributed by atoms with Crippen molar-refractivity contribution < 1.29 is 9.26 Å². The highest BCUT2D eigenvalue weighted by molar-refractivity contribution is 7.10. The molecular formula is C15H21N3O2S. The van der Waals surface area contributed by atoms with Gasteiger partial charge in [-0.25, -0.2) is 0 Å². The number of nitrogens with two attached hydrogens (primary N) is 1. The van der Waals surface area contributed by atoms with E-state index in [9.17, 15) is 0 Å². The summed E-state index contributed by atoms with van der Waals surface area (Å²) in [5.41, 5.74) is 5.78. The molecule has 0 saturated heterocycles. The van der Waals surface area contributed by atoms with Gasteiger partial charge in [0, 0.05) is 12.0 Å². The van der Waals surface area contributed by atoms with Crippen LogP contribution in [0.3, 0.4) is 0 Å². The number of thiophene rings is 1. The van der Waals surface area contributed by atoms with Gasteiger partial charge >= 0.3 is 0 Å². The van der Waals surface area contributed by atoms with E-state index in [1.165, 1.54) is 12.8 Å². The summed E-state index contributed by atoms with van der Waals surface area (Å²) in [6, 6.07) is 3.60. The van der Waals surface area contributed by atoms with Crippen molar-refractivity contribution in [2.75, 3.05) is 7.11 Å². The van der Waals surface area contributed by atoms with Crippen LogP contribution in [0.2, 0.25) is 0 Å². The van der Waals surface area contributed by atoms with Gasteiger partial charge in [-0.05, 0) is 24.3 Å². The summed E-state index contributed by atoms with van der Waals surface area (Å²) in [6.45, 7) is 0. The number of ether oxygens (including phenoxy) is 1. The van der Waals surface area contributed by atoms with Crippen LogP contribution in [0.4, 0.5) is 0 Å². The van der Waals surface area contributed by atoms with E-state index in [1.54, 1.807) is 18.4 Å². The first-order chi connectivity index (χ1) is 10.2. The molecule has 0 aliphatic heterocycles. The molecule has 0 radical (unpaired) electrons. The van der Waals surface area contributed by atoms with E-state index >= 15 is 0 Å². The minimum Gasteiger partial charge on any atom is -0.370 e. The SMILES string of the molecule is COC1(c2noc(C(N)c3cccs3)n2)CCCCCC1. The molecule has 0 spiro atoms. The van der Waals surface area contributed by atoms with E-state index in [0.717, 1.165) is 30.6 Å². The number of aromatic nitrogens is 2. The maximum atomic E-state index is 6.19. The second-order valence-electron chi connectivity index (χ2n) is 5.56.